The molecule has 1 aliphatic rings. The number of rotatable bonds is 2. The minimum absolute atomic E-state index is 0.387. The Kier molecular flexibility index (Phi) is 2.76. The number of aromatic nitrogens is 2. The summed E-state index contributed by atoms with van der Waals surface area (Å²) < 4.78 is 5.29. The molecule has 1 atom stereocenters. The normalized spacial score (nSPS) is 19.6. The van der Waals surface area contributed by atoms with Gasteiger partial charge in [-0.05, 0) is 30.7 Å². The van der Waals surface area contributed by atoms with Crippen molar-refractivity contribution >= 4 is 17.4 Å². The molecule has 4 nitrogen and oxygen atoms in total. The Morgan fingerprint density at radius 1 is 1.35 bits per heavy atom. The zero-order valence-electron chi connectivity index (χ0n) is 9.30. The van der Waals surface area contributed by atoms with Gasteiger partial charge in [0.2, 0.25) is 0 Å². The molecule has 1 aromatic heterocycles. The number of hydrogen-bond acceptors (Lipinski definition) is 5. The molecule has 1 aliphatic heterocycles. The summed E-state index contributed by atoms with van der Waals surface area (Å²) in [5.74, 6) is 2.50. The molecular formula is C12H13N3OS. The number of hydrogen-bond donors (Lipinski definition) is 1. The van der Waals surface area contributed by atoms with Gasteiger partial charge in [-0.25, -0.2) is 0 Å². The molecule has 1 unspecified atom stereocenters. The Balaban J connectivity index is 1.92. The molecule has 0 radical (unpaired) electrons. The third-order valence-electron chi connectivity index (χ3n) is 2.85. The van der Waals surface area contributed by atoms with Gasteiger partial charge in [-0.15, -0.1) is 0 Å². The van der Waals surface area contributed by atoms with Crippen LogP contribution in [0.5, 0.6) is 0 Å². The zero-order chi connectivity index (χ0) is 11.7. The lowest BCUT2D eigenvalue weighted by Crippen LogP contribution is -1.92. The lowest BCUT2D eigenvalue weighted by Gasteiger charge is -2.00. The van der Waals surface area contributed by atoms with E-state index in [-0.39, 0.29) is 0 Å². The summed E-state index contributed by atoms with van der Waals surface area (Å²) >= 11 is 1.89. The maximum Gasteiger partial charge on any atom is 0.260 e. The van der Waals surface area contributed by atoms with Gasteiger partial charge in [0.05, 0.1) is 10.8 Å². The molecule has 1 aromatic carbocycles. The fraction of sp³-hybridized carbons (Fsp3) is 0.333. The van der Waals surface area contributed by atoms with Crippen LogP contribution in [0.1, 0.15) is 23.9 Å². The van der Waals surface area contributed by atoms with Gasteiger partial charge in [-0.3, -0.25) is 0 Å². The highest BCUT2D eigenvalue weighted by Gasteiger charge is 2.23. The van der Waals surface area contributed by atoms with E-state index in [2.05, 4.69) is 10.1 Å². The minimum Gasteiger partial charge on any atom is -0.398 e. The van der Waals surface area contributed by atoms with Gasteiger partial charge in [-0.2, -0.15) is 16.7 Å². The van der Waals surface area contributed by atoms with E-state index in [1.54, 1.807) is 0 Å². The third kappa shape index (κ3) is 2.02. The third-order valence-corrected chi connectivity index (χ3v) is 4.22. The highest BCUT2D eigenvalue weighted by molar-refractivity contribution is 7.99. The van der Waals surface area contributed by atoms with Gasteiger partial charge in [0.1, 0.15) is 0 Å². The van der Waals surface area contributed by atoms with Crippen molar-refractivity contribution in [1.29, 1.82) is 0 Å². The van der Waals surface area contributed by atoms with Crippen LogP contribution >= 0.6 is 11.8 Å². The highest BCUT2D eigenvalue weighted by atomic mass is 32.2. The van der Waals surface area contributed by atoms with Crippen LogP contribution in [0, 0.1) is 0 Å². The minimum atomic E-state index is 0.387. The molecule has 2 heterocycles. The summed E-state index contributed by atoms with van der Waals surface area (Å²) in [6, 6.07) is 7.54. The Morgan fingerprint density at radius 2 is 2.24 bits per heavy atom. The monoisotopic (exact) mass is 247 g/mol. The van der Waals surface area contributed by atoms with Crippen molar-refractivity contribution in [1.82, 2.24) is 10.1 Å². The van der Waals surface area contributed by atoms with Crippen LogP contribution < -0.4 is 5.73 Å². The molecule has 0 spiro atoms. The number of anilines is 1. The quantitative estimate of drug-likeness (QED) is 0.827. The van der Waals surface area contributed by atoms with Crippen LogP contribution in [0.15, 0.2) is 28.8 Å². The average Bonchev–Trinajstić information content (AvgIpc) is 3.00. The largest absolute Gasteiger partial charge is 0.398 e. The first-order valence-electron chi connectivity index (χ1n) is 5.64. The molecule has 2 aromatic rings. The second-order valence-corrected chi connectivity index (χ2v) is 5.36. The molecule has 5 heteroatoms. The van der Waals surface area contributed by atoms with E-state index in [1.165, 1.54) is 12.2 Å². The number of para-hydroxylation sites is 1. The van der Waals surface area contributed by atoms with Gasteiger partial charge < -0.3 is 10.3 Å². The number of nitrogens with zero attached hydrogens (tertiary/aromatic N) is 2. The van der Waals surface area contributed by atoms with E-state index in [0.717, 1.165) is 17.8 Å². The van der Waals surface area contributed by atoms with E-state index in [9.17, 15) is 0 Å². The topological polar surface area (TPSA) is 64.9 Å². The first-order chi connectivity index (χ1) is 8.34. The first kappa shape index (κ1) is 10.7. The Morgan fingerprint density at radius 3 is 3.00 bits per heavy atom. The lowest BCUT2D eigenvalue weighted by molar-refractivity contribution is 0.421. The molecule has 0 bridgehead atoms. The summed E-state index contributed by atoms with van der Waals surface area (Å²) in [6.07, 6.45) is 2.36. The summed E-state index contributed by atoms with van der Waals surface area (Å²) in [6.45, 7) is 0. The second-order valence-electron chi connectivity index (χ2n) is 4.05. The summed E-state index contributed by atoms with van der Waals surface area (Å²) in [7, 11) is 0. The molecule has 88 valence electrons. The Bertz CT molecular complexity index is 520. The summed E-state index contributed by atoms with van der Waals surface area (Å²) in [4.78, 5) is 4.44. The number of nitrogens with two attached hydrogens (primary N) is 1. The zero-order valence-corrected chi connectivity index (χ0v) is 10.1. The van der Waals surface area contributed by atoms with Crippen molar-refractivity contribution in [3.8, 4) is 11.5 Å². The van der Waals surface area contributed by atoms with Gasteiger partial charge in [-0.1, -0.05) is 17.3 Å². The average molecular weight is 247 g/mol. The van der Waals surface area contributed by atoms with Crippen LogP contribution in [0.2, 0.25) is 0 Å². The van der Waals surface area contributed by atoms with Gasteiger partial charge >= 0.3 is 0 Å². The van der Waals surface area contributed by atoms with Gasteiger partial charge in [0.15, 0.2) is 5.82 Å². The molecule has 1 saturated heterocycles. The van der Waals surface area contributed by atoms with E-state index in [1.807, 2.05) is 36.0 Å². The predicted molar refractivity (Wildman–Crippen MR) is 68.6 cm³/mol. The molecule has 3 rings (SSSR count). The molecular weight excluding hydrogens is 234 g/mol. The maximum atomic E-state index is 5.88. The van der Waals surface area contributed by atoms with Crippen molar-refractivity contribution in [3.05, 3.63) is 30.1 Å². The number of nitrogen functional groups attached to an aromatic ring is 1. The van der Waals surface area contributed by atoms with E-state index >= 15 is 0 Å². The second kappa shape index (κ2) is 4.41. The smallest absolute Gasteiger partial charge is 0.260 e. The Hall–Kier alpha value is -1.49. The predicted octanol–water partition coefficient (Wildman–Crippen LogP) is 2.89. The first-order valence-corrected chi connectivity index (χ1v) is 6.69. The van der Waals surface area contributed by atoms with Crippen molar-refractivity contribution in [2.24, 2.45) is 0 Å². The van der Waals surface area contributed by atoms with Crippen LogP contribution in [-0.2, 0) is 0 Å². The van der Waals surface area contributed by atoms with E-state index in [4.69, 9.17) is 10.3 Å². The van der Waals surface area contributed by atoms with Crippen LogP contribution in [0.4, 0.5) is 5.69 Å². The van der Waals surface area contributed by atoms with Crippen molar-refractivity contribution < 1.29 is 4.52 Å². The SMILES string of the molecule is Nc1ccccc1-c1nc(C2CCCS2)no1. The van der Waals surface area contributed by atoms with Crippen LogP contribution in [0.25, 0.3) is 11.5 Å². The molecule has 0 saturated carbocycles. The van der Waals surface area contributed by atoms with Crippen molar-refractivity contribution in [2.75, 3.05) is 11.5 Å². The standard InChI is InChI=1S/C12H13N3OS/c13-9-5-2-1-4-8(9)12-14-11(15-16-12)10-6-3-7-17-10/h1-2,4-5,10H,3,6-7,13H2. The van der Waals surface area contributed by atoms with Crippen molar-refractivity contribution in [3.63, 3.8) is 0 Å². The number of benzene rings is 1. The number of thioether (sulfide) groups is 1. The summed E-state index contributed by atoms with van der Waals surface area (Å²) in [5.41, 5.74) is 7.36. The van der Waals surface area contributed by atoms with Crippen LogP contribution in [0.3, 0.4) is 0 Å². The highest BCUT2D eigenvalue weighted by Crippen LogP contribution is 2.39. The molecule has 17 heavy (non-hydrogen) atoms. The van der Waals surface area contributed by atoms with E-state index < -0.39 is 0 Å². The molecule has 0 amide bonds. The fourth-order valence-electron chi connectivity index (χ4n) is 1.95. The van der Waals surface area contributed by atoms with Gasteiger partial charge in [0.25, 0.3) is 5.89 Å². The fourth-order valence-corrected chi connectivity index (χ4v) is 3.14. The maximum absolute atomic E-state index is 5.88. The molecule has 2 N–H and O–H groups in total. The lowest BCUT2D eigenvalue weighted by atomic mass is 10.2. The molecule has 1 fully saturated rings. The van der Waals surface area contributed by atoms with Gasteiger partial charge in [0, 0.05) is 5.69 Å². The Labute approximate surface area is 104 Å². The summed E-state index contributed by atoms with van der Waals surface area (Å²) in [5, 5.41) is 4.44. The van der Waals surface area contributed by atoms with E-state index in [0.29, 0.717) is 16.8 Å². The molecule has 0 aliphatic carbocycles. The van der Waals surface area contributed by atoms with Crippen molar-refractivity contribution in [2.45, 2.75) is 18.1 Å². The van der Waals surface area contributed by atoms with Crippen LogP contribution in [-0.4, -0.2) is 15.9 Å².